The summed E-state index contributed by atoms with van der Waals surface area (Å²) in [5, 5.41) is 15.7. The second-order valence-electron chi connectivity index (χ2n) is 5.83. The third-order valence-electron chi connectivity index (χ3n) is 3.62. The molecule has 0 aliphatic rings. The molecule has 0 spiro atoms. The van der Waals surface area contributed by atoms with Crippen LogP contribution in [0.25, 0.3) is 0 Å². The number of benzene rings is 2. The normalized spacial score (nSPS) is 9.89. The number of aryl methyl sites for hydroxylation is 1. The van der Waals surface area contributed by atoms with Crippen LogP contribution in [0.4, 0.5) is 10.5 Å². The summed E-state index contributed by atoms with van der Waals surface area (Å²) in [6.07, 6.45) is 0. The number of nitro benzene ring substituents is 1. The summed E-state index contributed by atoms with van der Waals surface area (Å²) < 4.78 is 0. The number of nitrogens with one attached hydrogen (secondary N) is 4. The number of rotatable bonds is 6. The Bertz CT molecular complexity index is 882. The quantitative estimate of drug-likeness (QED) is 0.436. The number of carbonyl (C=O) groups is 3. The Morgan fingerprint density at radius 2 is 1.71 bits per heavy atom. The standard InChI is InChI=1S/C18H19N5O5/c1-12-5-7-13(8-6-12)10-19-18(26)20-11-16(24)21-22-17(25)14-3-2-4-15(9-14)23(27)28/h2-9H,10-11H2,1H3,(H,21,24)(H,22,25)(H2,19,20,26). The lowest BCUT2D eigenvalue weighted by molar-refractivity contribution is -0.384. The molecule has 0 radical (unpaired) electrons. The van der Waals surface area contributed by atoms with Crippen molar-refractivity contribution in [1.29, 1.82) is 0 Å². The van der Waals surface area contributed by atoms with Crippen LogP contribution in [0.15, 0.2) is 48.5 Å². The van der Waals surface area contributed by atoms with Gasteiger partial charge in [-0.2, -0.15) is 0 Å². The third kappa shape index (κ3) is 6.41. The summed E-state index contributed by atoms with van der Waals surface area (Å²) in [7, 11) is 0. The summed E-state index contributed by atoms with van der Waals surface area (Å²) in [6, 6.07) is 12.1. The first-order valence-corrected chi connectivity index (χ1v) is 8.26. The Morgan fingerprint density at radius 3 is 2.39 bits per heavy atom. The van der Waals surface area contributed by atoms with E-state index < -0.39 is 22.8 Å². The molecule has 0 unspecified atom stereocenters. The van der Waals surface area contributed by atoms with Gasteiger partial charge in [-0.1, -0.05) is 35.9 Å². The van der Waals surface area contributed by atoms with Gasteiger partial charge in [-0.15, -0.1) is 0 Å². The van der Waals surface area contributed by atoms with Crippen molar-refractivity contribution in [3.63, 3.8) is 0 Å². The van der Waals surface area contributed by atoms with E-state index in [9.17, 15) is 24.5 Å². The number of nitro groups is 1. The number of urea groups is 1. The first-order chi connectivity index (χ1) is 13.3. The smallest absolute Gasteiger partial charge is 0.315 e. The number of amides is 4. The summed E-state index contributed by atoms with van der Waals surface area (Å²) in [4.78, 5) is 45.4. The molecule has 4 amide bonds. The van der Waals surface area contributed by atoms with E-state index in [1.54, 1.807) is 0 Å². The minimum absolute atomic E-state index is 0.0123. The Labute approximate surface area is 160 Å². The maximum Gasteiger partial charge on any atom is 0.315 e. The monoisotopic (exact) mass is 385 g/mol. The summed E-state index contributed by atoms with van der Waals surface area (Å²) in [6.45, 7) is 1.90. The van der Waals surface area contributed by atoms with Crippen LogP contribution < -0.4 is 21.5 Å². The van der Waals surface area contributed by atoms with Crippen molar-refractivity contribution in [1.82, 2.24) is 21.5 Å². The molecule has 0 saturated carbocycles. The Kier molecular flexibility index (Phi) is 7.03. The van der Waals surface area contributed by atoms with Crippen LogP contribution in [0.5, 0.6) is 0 Å². The number of nitrogens with zero attached hydrogens (tertiary/aromatic N) is 1. The van der Waals surface area contributed by atoms with Gasteiger partial charge in [0.05, 0.1) is 4.92 Å². The van der Waals surface area contributed by atoms with E-state index in [0.717, 1.165) is 17.2 Å². The minimum atomic E-state index is -0.721. The van der Waals surface area contributed by atoms with Gasteiger partial charge in [-0.3, -0.25) is 30.6 Å². The second-order valence-corrected chi connectivity index (χ2v) is 5.83. The summed E-state index contributed by atoms with van der Waals surface area (Å²) in [5.74, 6) is -1.38. The molecule has 0 atom stereocenters. The molecule has 10 nitrogen and oxygen atoms in total. The first kappa shape index (κ1) is 20.4. The Hall–Kier alpha value is -3.95. The molecule has 0 fully saturated rings. The van der Waals surface area contributed by atoms with E-state index in [2.05, 4.69) is 21.5 Å². The van der Waals surface area contributed by atoms with Gasteiger partial charge in [0.1, 0.15) is 6.54 Å². The number of hydrogen-bond donors (Lipinski definition) is 4. The van der Waals surface area contributed by atoms with Crippen LogP contribution in [0.2, 0.25) is 0 Å². The molecule has 28 heavy (non-hydrogen) atoms. The lowest BCUT2D eigenvalue weighted by Gasteiger charge is -2.09. The number of carbonyl (C=O) groups excluding carboxylic acids is 3. The lowest BCUT2D eigenvalue weighted by atomic mass is 10.1. The highest BCUT2D eigenvalue weighted by atomic mass is 16.6. The molecule has 0 aromatic heterocycles. The predicted molar refractivity (Wildman–Crippen MR) is 100 cm³/mol. The van der Waals surface area contributed by atoms with Gasteiger partial charge in [0.2, 0.25) is 0 Å². The zero-order chi connectivity index (χ0) is 20.5. The highest BCUT2D eigenvalue weighted by Crippen LogP contribution is 2.12. The van der Waals surface area contributed by atoms with Crippen molar-refractivity contribution in [2.24, 2.45) is 0 Å². The Balaban J connectivity index is 1.71. The van der Waals surface area contributed by atoms with Gasteiger partial charge in [-0.25, -0.2) is 4.79 Å². The van der Waals surface area contributed by atoms with Crippen molar-refractivity contribution in [2.75, 3.05) is 6.54 Å². The molecule has 2 rings (SSSR count). The van der Waals surface area contributed by atoms with E-state index in [1.807, 2.05) is 31.2 Å². The van der Waals surface area contributed by atoms with Gasteiger partial charge < -0.3 is 10.6 Å². The molecular formula is C18H19N5O5. The molecule has 10 heteroatoms. The minimum Gasteiger partial charge on any atom is -0.334 e. The van der Waals surface area contributed by atoms with E-state index in [-0.39, 0.29) is 17.8 Å². The van der Waals surface area contributed by atoms with Crippen LogP contribution in [0.3, 0.4) is 0 Å². The Morgan fingerprint density at radius 1 is 1.00 bits per heavy atom. The SMILES string of the molecule is Cc1ccc(CNC(=O)NCC(=O)NNC(=O)c2cccc([N+](=O)[O-])c2)cc1. The van der Waals surface area contributed by atoms with Gasteiger partial charge >= 0.3 is 6.03 Å². The van der Waals surface area contributed by atoms with Crippen molar-refractivity contribution in [3.05, 3.63) is 75.3 Å². The van der Waals surface area contributed by atoms with Gasteiger partial charge in [0.15, 0.2) is 0 Å². The highest BCUT2D eigenvalue weighted by Gasteiger charge is 2.12. The average Bonchev–Trinajstić information content (AvgIpc) is 2.70. The van der Waals surface area contributed by atoms with Crippen LogP contribution >= 0.6 is 0 Å². The molecule has 2 aromatic rings. The second kappa shape index (κ2) is 9.67. The molecule has 0 heterocycles. The largest absolute Gasteiger partial charge is 0.334 e. The number of non-ortho nitro benzene ring substituents is 1. The van der Waals surface area contributed by atoms with Gasteiger partial charge in [0, 0.05) is 24.2 Å². The van der Waals surface area contributed by atoms with Crippen molar-refractivity contribution >= 4 is 23.5 Å². The van der Waals surface area contributed by atoms with Crippen molar-refractivity contribution in [3.8, 4) is 0 Å². The molecule has 0 aliphatic heterocycles. The summed E-state index contributed by atoms with van der Waals surface area (Å²) >= 11 is 0. The van der Waals surface area contributed by atoms with Crippen LogP contribution in [0, 0.1) is 17.0 Å². The number of hydrazine groups is 1. The predicted octanol–water partition coefficient (Wildman–Crippen LogP) is 1.16. The van der Waals surface area contributed by atoms with E-state index >= 15 is 0 Å². The lowest BCUT2D eigenvalue weighted by Crippen LogP contribution is -2.47. The molecule has 0 bridgehead atoms. The summed E-state index contributed by atoms with van der Waals surface area (Å²) in [5.41, 5.74) is 6.02. The van der Waals surface area contributed by atoms with E-state index in [4.69, 9.17) is 0 Å². The zero-order valence-electron chi connectivity index (χ0n) is 15.0. The van der Waals surface area contributed by atoms with Crippen molar-refractivity contribution < 1.29 is 19.3 Å². The third-order valence-corrected chi connectivity index (χ3v) is 3.62. The maximum atomic E-state index is 11.9. The first-order valence-electron chi connectivity index (χ1n) is 8.26. The molecule has 0 saturated heterocycles. The number of hydrogen-bond acceptors (Lipinski definition) is 5. The fraction of sp³-hybridized carbons (Fsp3) is 0.167. The zero-order valence-corrected chi connectivity index (χ0v) is 15.0. The van der Waals surface area contributed by atoms with Gasteiger partial charge in [-0.05, 0) is 18.6 Å². The fourth-order valence-electron chi connectivity index (χ4n) is 2.11. The van der Waals surface area contributed by atoms with E-state index in [1.165, 1.54) is 18.2 Å². The van der Waals surface area contributed by atoms with Crippen LogP contribution in [-0.2, 0) is 11.3 Å². The van der Waals surface area contributed by atoms with Crippen molar-refractivity contribution in [2.45, 2.75) is 13.5 Å². The van der Waals surface area contributed by atoms with E-state index in [0.29, 0.717) is 6.54 Å². The molecular weight excluding hydrogens is 366 g/mol. The molecule has 2 aromatic carbocycles. The van der Waals surface area contributed by atoms with Gasteiger partial charge in [0.25, 0.3) is 17.5 Å². The maximum absolute atomic E-state index is 11.9. The molecule has 146 valence electrons. The van der Waals surface area contributed by atoms with Crippen LogP contribution in [0.1, 0.15) is 21.5 Å². The fourth-order valence-corrected chi connectivity index (χ4v) is 2.11. The van der Waals surface area contributed by atoms with Crippen LogP contribution in [-0.4, -0.2) is 29.3 Å². The topological polar surface area (TPSA) is 142 Å². The molecule has 0 aliphatic carbocycles. The molecule has 4 N–H and O–H groups in total. The highest BCUT2D eigenvalue weighted by molar-refractivity contribution is 5.96. The average molecular weight is 385 g/mol.